The Kier molecular flexibility index (Phi) is 5.71. The molecule has 0 atom stereocenters. The molecule has 2 aromatic carbocycles. The number of para-hydroxylation sites is 2. The van der Waals surface area contributed by atoms with Gasteiger partial charge < -0.3 is 14.8 Å². The summed E-state index contributed by atoms with van der Waals surface area (Å²) < 4.78 is 25.7. The van der Waals surface area contributed by atoms with Crippen LogP contribution in [-0.2, 0) is 0 Å². The highest BCUT2D eigenvalue weighted by atomic mass is 19.1. The lowest BCUT2D eigenvalue weighted by Gasteiger charge is -2.11. The van der Waals surface area contributed by atoms with E-state index in [-0.39, 0.29) is 11.5 Å². The Morgan fingerprint density at radius 2 is 1.70 bits per heavy atom. The van der Waals surface area contributed by atoms with Gasteiger partial charge in [-0.2, -0.15) is 5.10 Å². The highest BCUT2D eigenvalue weighted by Crippen LogP contribution is 2.26. The molecule has 7 heteroatoms. The third-order valence-corrected chi connectivity index (χ3v) is 3.72. The number of hydrogen-bond acceptors (Lipinski definition) is 4. The van der Waals surface area contributed by atoms with Crippen molar-refractivity contribution in [3.63, 3.8) is 0 Å². The molecule has 3 rings (SSSR count). The molecule has 0 spiro atoms. The molecule has 1 aromatic heterocycles. The number of carbonyl (C=O) groups excluding carboxylic acids is 1. The van der Waals surface area contributed by atoms with Crippen molar-refractivity contribution in [1.29, 1.82) is 0 Å². The predicted molar refractivity (Wildman–Crippen MR) is 100 cm³/mol. The smallest absolute Gasteiger partial charge is 0.280 e. The topological polar surface area (TPSA) is 65.4 Å². The molecule has 1 heterocycles. The average molecular weight is 369 g/mol. The first kappa shape index (κ1) is 18.4. The van der Waals surface area contributed by atoms with Crippen molar-refractivity contribution in [2.45, 2.75) is 13.8 Å². The van der Waals surface area contributed by atoms with Gasteiger partial charge in [0.2, 0.25) is 0 Å². The van der Waals surface area contributed by atoms with Crippen molar-refractivity contribution in [2.75, 3.05) is 18.5 Å². The zero-order valence-electron chi connectivity index (χ0n) is 15.1. The molecule has 0 aliphatic carbocycles. The van der Waals surface area contributed by atoms with E-state index < -0.39 is 5.91 Å². The first-order chi connectivity index (χ1) is 13.1. The van der Waals surface area contributed by atoms with Crippen LogP contribution < -0.4 is 14.8 Å². The SMILES string of the molecule is CCOc1ccccc1NC(=O)c1nn(-c2ccc(F)cc2)cc1OCC. The minimum absolute atomic E-state index is 0.132. The van der Waals surface area contributed by atoms with E-state index in [0.717, 1.165) is 0 Å². The molecule has 3 aromatic rings. The normalized spacial score (nSPS) is 10.5. The Morgan fingerprint density at radius 3 is 2.41 bits per heavy atom. The Labute approximate surface area is 156 Å². The number of hydrogen-bond donors (Lipinski definition) is 1. The second-order valence-corrected chi connectivity index (χ2v) is 5.58. The summed E-state index contributed by atoms with van der Waals surface area (Å²) in [6.45, 7) is 4.55. The summed E-state index contributed by atoms with van der Waals surface area (Å²) in [5.74, 6) is 0.144. The molecule has 0 saturated heterocycles. The predicted octanol–water partition coefficient (Wildman–Crippen LogP) is 4.06. The Morgan fingerprint density at radius 1 is 1.04 bits per heavy atom. The molecule has 0 radical (unpaired) electrons. The number of nitrogens with one attached hydrogen (secondary N) is 1. The van der Waals surface area contributed by atoms with Crippen molar-refractivity contribution >= 4 is 11.6 Å². The average Bonchev–Trinajstić information content (AvgIpc) is 3.08. The lowest BCUT2D eigenvalue weighted by atomic mass is 10.2. The summed E-state index contributed by atoms with van der Waals surface area (Å²) in [6.07, 6.45) is 1.60. The van der Waals surface area contributed by atoms with E-state index >= 15 is 0 Å². The van der Waals surface area contributed by atoms with Gasteiger partial charge in [0.25, 0.3) is 5.91 Å². The van der Waals surface area contributed by atoms with Gasteiger partial charge in [-0.25, -0.2) is 9.07 Å². The standard InChI is InChI=1S/C20H20FN3O3/c1-3-26-17-8-6-5-7-16(17)22-20(25)19-18(27-4-2)13-24(23-19)15-11-9-14(21)10-12-15/h5-13H,3-4H2,1-2H3,(H,22,25). The molecule has 0 bridgehead atoms. The third-order valence-electron chi connectivity index (χ3n) is 3.72. The maximum absolute atomic E-state index is 13.1. The van der Waals surface area contributed by atoms with Crippen LogP contribution in [0.15, 0.2) is 54.7 Å². The zero-order valence-corrected chi connectivity index (χ0v) is 15.1. The first-order valence-corrected chi connectivity index (χ1v) is 8.64. The van der Waals surface area contributed by atoms with Gasteiger partial charge in [-0.05, 0) is 50.2 Å². The Bertz CT molecular complexity index is 922. The van der Waals surface area contributed by atoms with Crippen molar-refractivity contribution in [2.24, 2.45) is 0 Å². The molecule has 27 heavy (non-hydrogen) atoms. The van der Waals surface area contributed by atoms with Crippen molar-refractivity contribution in [3.05, 3.63) is 66.2 Å². The van der Waals surface area contributed by atoms with Gasteiger partial charge in [0.1, 0.15) is 11.6 Å². The van der Waals surface area contributed by atoms with Crippen LogP contribution in [0.1, 0.15) is 24.3 Å². The largest absolute Gasteiger partial charge is 0.492 e. The molecule has 0 aliphatic heterocycles. The summed E-state index contributed by atoms with van der Waals surface area (Å²) in [6, 6.07) is 13.0. The molecule has 0 fully saturated rings. The van der Waals surface area contributed by atoms with Gasteiger partial charge in [0.05, 0.1) is 30.8 Å². The molecule has 1 N–H and O–H groups in total. The van der Waals surface area contributed by atoms with Crippen LogP contribution >= 0.6 is 0 Å². The molecule has 1 amide bonds. The Hall–Kier alpha value is -3.35. The summed E-state index contributed by atoms with van der Waals surface area (Å²) >= 11 is 0. The maximum Gasteiger partial charge on any atom is 0.280 e. The highest BCUT2D eigenvalue weighted by molar-refractivity contribution is 6.05. The molecule has 0 aliphatic rings. The van der Waals surface area contributed by atoms with E-state index in [2.05, 4.69) is 10.4 Å². The summed E-state index contributed by atoms with van der Waals surface area (Å²) in [4.78, 5) is 12.8. The fourth-order valence-corrected chi connectivity index (χ4v) is 2.54. The van der Waals surface area contributed by atoms with Crippen LogP contribution in [0, 0.1) is 5.82 Å². The minimum atomic E-state index is -0.425. The molecule has 6 nitrogen and oxygen atoms in total. The van der Waals surface area contributed by atoms with E-state index in [1.165, 1.54) is 16.8 Å². The lowest BCUT2D eigenvalue weighted by Crippen LogP contribution is -2.15. The maximum atomic E-state index is 13.1. The van der Waals surface area contributed by atoms with Crippen molar-refractivity contribution in [3.8, 4) is 17.2 Å². The van der Waals surface area contributed by atoms with E-state index in [1.54, 1.807) is 36.5 Å². The van der Waals surface area contributed by atoms with Gasteiger partial charge in [-0.15, -0.1) is 0 Å². The van der Waals surface area contributed by atoms with Crippen LogP contribution in [0.5, 0.6) is 11.5 Å². The van der Waals surface area contributed by atoms with Gasteiger partial charge in [0.15, 0.2) is 11.4 Å². The molecule has 0 saturated carbocycles. The monoisotopic (exact) mass is 369 g/mol. The quantitative estimate of drug-likeness (QED) is 0.682. The van der Waals surface area contributed by atoms with E-state index in [9.17, 15) is 9.18 Å². The second-order valence-electron chi connectivity index (χ2n) is 5.58. The first-order valence-electron chi connectivity index (χ1n) is 8.64. The molecular formula is C20H20FN3O3. The minimum Gasteiger partial charge on any atom is -0.492 e. The number of halogens is 1. The van der Waals surface area contributed by atoms with Crippen LogP contribution in [0.3, 0.4) is 0 Å². The number of aromatic nitrogens is 2. The number of anilines is 1. The fraction of sp³-hybridized carbons (Fsp3) is 0.200. The van der Waals surface area contributed by atoms with Crippen LogP contribution in [0.25, 0.3) is 5.69 Å². The lowest BCUT2D eigenvalue weighted by molar-refractivity contribution is 0.101. The third kappa shape index (κ3) is 4.25. The number of amides is 1. The Balaban J connectivity index is 1.90. The van der Waals surface area contributed by atoms with Gasteiger partial charge in [-0.3, -0.25) is 4.79 Å². The summed E-state index contributed by atoms with van der Waals surface area (Å²) in [5.41, 5.74) is 1.29. The summed E-state index contributed by atoms with van der Waals surface area (Å²) in [5, 5.41) is 7.12. The van der Waals surface area contributed by atoms with Gasteiger partial charge >= 0.3 is 0 Å². The van der Waals surface area contributed by atoms with E-state index in [1.807, 2.05) is 19.9 Å². The van der Waals surface area contributed by atoms with Crippen LogP contribution in [0.4, 0.5) is 10.1 Å². The van der Waals surface area contributed by atoms with Crippen molar-refractivity contribution < 1.29 is 18.7 Å². The van der Waals surface area contributed by atoms with Gasteiger partial charge in [0, 0.05) is 0 Å². The summed E-state index contributed by atoms with van der Waals surface area (Å²) in [7, 11) is 0. The number of nitrogens with zero attached hydrogens (tertiary/aromatic N) is 2. The van der Waals surface area contributed by atoms with E-state index in [0.29, 0.717) is 36.1 Å². The van der Waals surface area contributed by atoms with Crippen LogP contribution in [0.2, 0.25) is 0 Å². The van der Waals surface area contributed by atoms with Crippen molar-refractivity contribution in [1.82, 2.24) is 9.78 Å². The fourth-order valence-electron chi connectivity index (χ4n) is 2.54. The van der Waals surface area contributed by atoms with Gasteiger partial charge in [-0.1, -0.05) is 12.1 Å². The zero-order chi connectivity index (χ0) is 19.2. The number of benzene rings is 2. The molecular weight excluding hydrogens is 349 g/mol. The molecule has 140 valence electrons. The number of carbonyl (C=O) groups is 1. The number of rotatable bonds is 7. The van der Waals surface area contributed by atoms with Crippen LogP contribution in [-0.4, -0.2) is 28.9 Å². The highest BCUT2D eigenvalue weighted by Gasteiger charge is 2.20. The number of ether oxygens (including phenoxy) is 2. The second kappa shape index (κ2) is 8.35. The van der Waals surface area contributed by atoms with E-state index in [4.69, 9.17) is 9.47 Å². The molecule has 0 unspecified atom stereocenters.